The molecule has 2 aromatic carbocycles. The van der Waals surface area contributed by atoms with Crippen molar-refractivity contribution >= 4 is 17.3 Å². The van der Waals surface area contributed by atoms with Crippen LogP contribution in [-0.4, -0.2) is 32.5 Å². The molecule has 6 nitrogen and oxygen atoms in total. The molecule has 0 bridgehead atoms. The number of hydrogen-bond acceptors (Lipinski definition) is 5. The van der Waals surface area contributed by atoms with Crippen molar-refractivity contribution in [2.24, 2.45) is 5.10 Å². The maximum Gasteiger partial charge on any atom is 0.271 e. The van der Waals surface area contributed by atoms with Crippen LogP contribution in [0.25, 0.3) is 0 Å². The molecule has 0 spiro atoms. The second-order valence-electron chi connectivity index (χ2n) is 5.65. The number of fused-ring (bicyclic) bond motifs is 1. The van der Waals surface area contributed by atoms with Gasteiger partial charge in [-0.15, -0.1) is 0 Å². The maximum absolute atomic E-state index is 12.2. The Hall–Kier alpha value is -3.02. The van der Waals surface area contributed by atoms with Crippen LogP contribution in [0.15, 0.2) is 47.6 Å². The lowest BCUT2D eigenvalue weighted by molar-refractivity contribution is 0.0954. The minimum absolute atomic E-state index is 0.181. The summed E-state index contributed by atoms with van der Waals surface area (Å²) in [5.74, 6) is 0.924. The average Bonchev–Trinajstić information content (AvgIpc) is 3.07. The smallest absolute Gasteiger partial charge is 0.271 e. The summed E-state index contributed by atoms with van der Waals surface area (Å²) in [6.45, 7) is 2.03. The second-order valence-corrected chi connectivity index (χ2v) is 5.65. The Bertz CT molecular complexity index is 783. The number of hydrogen-bond donors (Lipinski definition) is 1. The minimum Gasteiger partial charge on any atom is -0.454 e. The molecule has 0 unspecified atom stereocenters. The van der Waals surface area contributed by atoms with Crippen LogP contribution < -0.4 is 19.8 Å². The van der Waals surface area contributed by atoms with Gasteiger partial charge in [-0.2, -0.15) is 5.10 Å². The molecule has 1 aliphatic rings. The maximum atomic E-state index is 12.2. The summed E-state index contributed by atoms with van der Waals surface area (Å²) in [7, 11) is 3.98. The molecule has 3 rings (SSSR count). The third-order valence-corrected chi connectivity index (χ3v) is 3.76. The van der Waals surface area contributed by atoms with Gasteiger partial charge in [0.15, 0.2) is 11.5 Å². The molecule has 1 heterocycles. The Balaban J connectivity index is 1.69. The second kappa shape index (κ2) is 6.62. The van der Waals surface area contributed by atoms with Crippen LogP contribution in [0.3, 0.4) is 0 Å². The standard InChI is InChI=1S/C18H19N3O3/c1-12(13-4-7-15(8-5-13)21(2)3)19-20-18(22)14-6-9-16-17(10-14)24-11-23-16/h4-10H,11H2,1-3H3,(H,20,22)/b19-12+. The molecule has 0 aliphatic carbocycles. The van der Waals surface area contributed by atoms with Crippen molar-refractivity contribution in [1.29, 1.82) is 0 Å². The van der Waals surface area contributed by atoms with E-state index >= 15 is 0 Å². The van der Waals surface area contributed by atoms with E-state index in [1.54, 1.807) is 18.2 Å². The lowest BCUT2D eigenvalue weighted by Gasteiger charge is -2.12. The first-order chi connectivity index (χ1) is 11.5. The van der Waals surface area contributed by atoms with Crippen LogP contribution in [0.2, 0.25) is 0 Å². The van der Waals surface area contributed by atoms with E-state index < -0.39 is 0 Å². The van der Waals surface area contributed by atoms with E-state index in [0.29, 0.717) is 17.1 Å². The molecule has 1 N–H and O–H groups in total. The Morgan fingerprint density at radius 2 is 1.71 bits per heavy atom. The normalized spacial score (nSPS) is 12.9. The molecule has 0 radical (unpaired) electrons. The fourth-order valence-corrected chi connectivity index (χ4v) is 2.30. The Kier molecular flexibility index (Phi) is 4.37. The lowest BCUT2D eigenvalue weighted by Crippen LogP contribution is -2.19. The van der Waals surface area contributed by atoms with Crippen molar-refractivity contribution in [2.45, 2.75) is 6.92 Å². The van der Waals surface area contributed by atoms with Gasteiger partial charge >= 0.3 is 0 Å². The van der Waals surface area contributed by atoms with Crippen molar-refractivity contribution in [3.8, 4) is 11.5 Å². The summed E-state index contributed by atoms with van der Waals surface area (Å²) >= 11 is 0. The Morgan fingerprint density at radius 1 is 1.04 bits per heavy atom. The zero-order valence-corrected chi connectivity index (χ0v) is 13.9. The van der Waals surface area contributed by atoms with Gasteiger partial charge < -0.3 is 14.4 Å². The highest BCUT2D eigenvalue weighted by molar-refractivity contribution is 6.01. The number of carbonyl (C=O) groups excluding carboxylic acids is 1. The first-order valence-electron chi connectivity index (χ1n) is 7.56. The highest BCUT2D eigenvalue weighted by Gasteiger charge is 2.16. The molecular formula is C18H19N3O3. The van der Waals surface area contributed by atoms with Crippen molar-refractivity contribution in [3.05, 3.63) is 53.6 Å². The van der Waals surface area contributed by atoms with Crippen LogP contribution in [-0.2, 0) is 0 Å². The lowest BCUT2D eigenvalue weighted by atomic mass is 10.1. The molecule has 124 valence electrons. The molecule has 0 saturated heterocycles. The largest absolute Gasteiger partial charge is 0.454 e. The van der Waals surface area contributed by atoms with Gasteiger partial charge in [0.1, 0.15) is 0 Å². The summed E-state index contributed by atoms with van der Waals surface area (Å²) in [5, 5.41) is 4.17. The molecule has 0 saturated carbocycles. The fraction of sp³-hybridized carbons (Fsp3) is 0.222. The van der Waals surface area contributed by atoms with E-state index in [1.807, 2.05) is 50.2 Å². The Labute approximate surface area is 140 Å². The first kappa shape index (κ1) is 15.9. The zero-order chi connectivity index (χ0) is 17.1. The molecule has 0 fully saturated rings. The molecule has 24 heavy (non-hydrogen) atoms. The topological polar surface area (TPSA) is 63.2 Å². The van der Waals surface area contributed by atoms with Crippen LogP contribution in [0.5, 0.6) is 11.5 Å². The number of ether oxygens (including phenoxy) is 2. The number of benzene rings is 2. The zero-order valence-electron chi connectivity index (χ0n) is 13.9. The van der Waals surface area contributed by atoms with Gasteiger partial charge in [-0.3, -0.25) is 4.79 Å². The van der Waals surface area contributed by atoms with E-state index in [1.165, 1.54) is 0 Å². The summed E-state index contributed by atoms with van der Waals surface area (Å²) in [6.07, 6.45) is 0. The number of hydrazone groups is 1. The van der Waals surface area contributed by atoms with Gasteiger partial charge in [0.2, 0.25) is 6.79 Å². The summed E-state index contributed by atoms with van der Waals surface area (Å²) in [4.78, 5) is 14.2. The van der Waals surface area contributed by atoms with Gasteiger partial charge in [0.25, 0.3) is 5.91 Å². The van der Waals surface area contributed by atoms with E-state index in [-0.39, 0.29) is 12.7 Å². The third-order valence-electron chi connectivity index (χ3n) is 3.76. The highest BCUT2D eigenvalue weighted by Crippen LogP contribution is 2.32. The van der Waals surface area contributed by atoms with Gasteiger partial charge in [0.05, 0.1) is 5.71 Å². The van der Waals surface area contributed by atoms with E-state index in [0.717, 1.165) is 17.0 Å². The fourth-order valence-electron chi connectivity index (χ4n) is 2.30. The summed E-state index contributed by atoms with van der Waals surface area (Å²) < 4.78 is 10.5. The van der Waals surface area contributed by atoms with E-state index in [9.17, 15) is 4.79 Å². The van der Waals surface area contributed by atoms with Crippen molar-refractivity contribution in [3.63, 3.8) is 0 Å². The van der Waals surface area contributed by atoms with Gasteiger partial charge in [0, 0.05) is 25.3 Å². The third kappa shape index (κ3) is 3.32. The van der Waals surface area contributed by atoms with Crippen LogP contribution in [0.4, 0.5) is 5.69 Å². The summed E-state index contributed by atoms with van der Waals surface area (Å²) in [5.41, 5.74) is 5.83. The number of rotatable bonds is 4. The quantitative estimate of drug-likeness (QED) is 0.693. The van der Waals surface area contributed by atoms with Crippen molar-refractivity contribution in [2.75, 3.05) is 25.8 Å². The monoisotopic (exact) mass is 325 g/mol. The van der Waals surface area contributed by atoms with Crippen LogP contribution >= 0.6 is 0 Å². The molecule has 6 heteroatoms. The molecule has 1 aliphatic heterocycles. The molecular weight excluding hydrogens is 306 g/mol. The first-order valence-corrected chi connectivity index (χ1v) is 7.56. The van der Waals surface area contributed by atoms with Crippen LogP contribution in [0.1, 0.15) is 22.8 Å². The minimum atomic E-state index is -0.294. The molecule has 1 amide bonds. The number of nitrogens with one attached hydrogen (secondary N) is 1. The van der Waals surface area contributed by atoms with Gasteiger partial charge in [-0.1, -0.05) is 12.1 Å². The number of amides is 1. The molecule has 2 aromatic rings. The van der Waals surface area contributed by atoms with Gasteiger partial charge in [-0.05, 0) is 42.8 Å². The van der Waals surface area contributed by atoms with E-state index in [2.05, 4.69) is 10.5 Å². The van der Waals surface area contributed by atoms with Crippen LogP contribution in [0, 0.1) is 0 Å². The number of anilines is 1. The van der Waals surface area contributed by atoms with E-state index in [4.69, 9.17) is 9.47 Å². The molecule has 0 aromatic heterocycles. The van der Waals surface area contributed by atoms with Crippen molar-refractivity contribution in [1.82, 2.24) is 5.43 Å². The molecule has 0 atom stereocenters. The number of carbonyl (C=O) groups is 1. The Morgan fingerprint density at radius 3 is 2.42 bits per heavy atom. The predicted octanol–water partition coefficient (Wildman–Crippen LogP) is 2.64. The SMILES string of the molecule is C/C(=N\NC(=O)c1ccc2c(c1)OCO2)c1ccc(N(C)C)cc1. The highest BCUT2D eigenvalue weighted by atomic mass is 16.7. The summed E-state index contributed by atoms with van der Waals surface area (Å²) in [6, 6.07) is 13.0. The average molecular weight is 325 g/mol. The van der Waals surface area contributed by atoms with Gasteiger partial charge in [-0.25, -0.2) is 5.43 Å². The van der Waals surface area contributed by atoms with Crippen molar-refractivity contribution < 1.29 is 14.3 Å². The number of nitrogens with zero attached hydrogens (tertiary/aromatic N) is 2. The predicted molar refractivity (Wildman–Crippen MR) is 93.0 cm³/mol.